The van der Waals surface area contributed by atoms with E-state index >= 15 is 0 Å². The van der Waals surface area contributed by atoms with Gasteiger partial charge in [0.2, 0.25) is 0 Å². The van der Waals surface area contributed by atoms with E-state index in [1.807, 2.05) is 43.3 Å². The second-order valence-corrected chi connectivity index (χ2v) is 9.57. The van der Waals surface area contributed by atoms with Crippen LogP contribution in [0.15, 0.2) is 77.7 Å². The van der Waals surface area contributed by atoms with E-state index in [0.29, 0.717) is 22.8 Å². The minimum absolute atomic E-state index is 0.149. The SMILES string of the molecule is CC[C@H](C)c1ccc(Nc2nc3ccccc3nc2NS(=O)(=O)c2cccc(C)c2)cc1. The van der Waals surface area contributed by atoms with E-state index < -0.39 is 10.0 Å². The maximum absolute atomic E-state index is 13.0. The van der Waals surface area contributed by atoms with Gasteiger partial charge < -0.3 is 5.32 Å². The van der Waals surface area contributed by atoms with Crippen LogP contribution in [0.5, 0.6) is 0 Å². The summed E-state index contributed by atoms with van der Waals surface area (Å²) in [5.41, 5.74) is 4.19. The van der Waals surface area contributed by atoms with Crippen molar-refractivity contribution in [2.24, 2.45) is 0 Å². The van der Waals surface area contributed by atoms with Crippen molar-refractivity contribution >= 4 is 38.4 Å². The molecule has 2 N–H and O–H groups in total. The van der Waals surface area contributed by atoms with Crippen molar-refractivity contribution in [3.63, 3.8) is 0 Å². The molecule has 0 saturated carbocycles. The van der Waals surface area contributed by atoms with Crippen LogP contribution in [0.25, 0.3) is 11.0 Å². The summed E-state index contributed by atoms with van der Waals surface area (Å²) >= 11 is 0. The van der Waals surface area contributed by atoms with E-state index in [-0.39, 0.29) is 10.7 Å². The van der Waals surface area contributed by atoms with Crippen LogP contribution in [0.3, 0.4) is 0 Å². The van der Waals surface area contributed by atoms with Gasteiger partial charge in [-0.15, -0.1) is 0 Å². The lowest BCUT2D eigenvalue weighted by Gasteiger charge is -2.15. The molecular weight excluding hydrogens is 420 g/mol. The number of anilines is 3. The molecule has 0 fully saturated rings. The van der Waals surface area contributed by atoms with Crippen LogP contribution in [-0.2, 0) is 10.0 Å². The Morgan fingerprint density at radius 3 is 2.16 bits per heavy atom. The second-order valence-electron chi connectivity index (χ2n) is 7.89. The van der Waals surface area contributed by atoms with Gasteiger partial charge in [-0.25, -0.2) is 18.4 Å². The number of rotatable bonds is 7. The summed E-state index contributed by atoms with van der Waals surface area (Å²) in [5.74, 6) is 0.966. The van der Waals surface area contributed by atoms with Gasteiger partial charge in [-0.3, -0.25) is 4.72 Å². The van der Waals surface area contributed by atoms with Crippen LogP contribution in [0.2, 0.25) is 0 Å². The Balaban J connectivity index is 1.72. The molecule has 0 unspecified atom stereocenters. The second kappa shape index (κ2) is 8.96. The highest BCUT2D eigenvalue weighted by molar-refractivity contribution is 7.92. The summed E-state index contributed by atoms with van der Waals surface area (Å²) in [6, 6.07) is 22.2. The zero-order valence-electron chi connectivity index (χ0n) is 18.3. The normalized spacial score (nSPS) is 12.5. The predicted molar refractivity (Wildman–Crippen MR) is 130 cm³/mol. The Labute approximate surface area is 188 Å². The van der Waals surface area contributed by atoms with Crippen LogP contribution in [0, 0.1) is 6.92 Å². The van der Waals surface area contributed by atoms with Gasteiger partial charge in [0.15, 0.2) is 11.6 Å². The van der Waals surface area contributed by atoms with E-state index in [1.54, 1.807) is 24.3 Å². The number of aromatic nitrogens is 2. The Morgan fingerprint density at radius 1 is 0.875 bits per heavy atom. The van der Waals surface area contributed by atoms with Crippen molar-refractivity contribution in [3.05, 3.63) is 83.9 Å². The Kier molecular flexibility index (Phi) is 6.10. The molecule has 1 atom stereocenters. The number of benzene rings is 3. The molecule has 3 aromatic carbocycles. The van der Waals surface area contributed by atoms with Gasteiger partial charge in [0.05, 0.1) is 15.9 Å². The van der Waals surface area contributed by atoms with E-state index in [9.17, 15) is 8.42 Å². The number of fused-ring (bicyclic) bond motifs is 1. The average molecular weight is 447 g/mol. The molecule has 0 amide bonds. The van der Waals surface area contributed by atoms with Crippen LogP contribution in [0.1, 0.15) is 37.3 Å². The third kappa shape index (κ3) is 4.73. The molecule has 4 rings (SSSR count). The van der Waals surface area contributed by atoms with E-state index in [1.165, 1.54) is 5.56 Å². The van der Waals surface area contributed by atoms with Gasteiger partial charge >= 0.3 is 0 Å². The Bertz CT molecular complexity index is 1350. The molecule has 7 heteroatoms. The van der Waals surface area contributed by atoms with Crippen molar-refractivity contribution in [2.45, 2.75) is 38.0 Å². The first-order valence-electron chi connectivity index (χ1n) is 10.6. The molecule has 0 aliphatic heterocycles. The standard InChI is InChI=1S/C25H26N4O2S/c1-4-18(3)19-12-14-20(15-13-19)26-24-25(28-23-11-6-5-10-22(23)27-24)29-32(30,31)21-9-7-8-17(2)16-21/h5-16,18H,4H2,1-3H3,(H,26,27)(H,28,29)/t18-/m0/s1. The number of nitrogens with one attached hydrogen (secondary N) is 2. The molecule has 0 radical (unpaired) electrons. The van der Waals surface area contributed by atoms with E-state index in [2.05, 4.69) is 46.0 Å². The third-order valence-electron chi connectivity index (χ3n) is 5.46. The molecule has 1 heterocycles. The molecule has 0 bridgehead atoms. The topological polar surface area (TPSA) is 84.0 Å². The summed E-state index contributed by atoms with van der Waals surface area (Å²) in [6.45, 7) is 6.20. The first kappa shape index (κ1) is 21.8. The maximum Gasteiger partial charge on any atom is 0.263 e. The van der Waals surface area contributed by atoms with E-state index in [0.717, 1.165) is 17.7 Å². The zero-order chi connectivity index (χ0) is 22.7. The van der Waals surface area contributed by atoms with Gasteiger partial charge in [-0.05, 0) is 66.8 Å². The highest BCUT2D eigenvalue weighted by Gasteiger charge is 2.19. The van der Waals surface area contributed by atoms with Crippen molar-refractivity contribution in [1.82, 2.24) is 9.97 Å². The minimum atomic E-state index is -3.83. The molecule has 6 nitrogen and oxygen atoms in total. The van der Waals surface area contributed by atoms with Gasteiger partial charge in [-0.2, -0.15) is 0 Å². The molecular formula is C25H26N4O2S. The van der Waals surface area contributed by atoms with Crippen molar-refractivity contribution < 1.29 is 8.42 Å². The highest BCUT2D eigenvalue weighted by Crippen LogP contribution is 2.28. The summed E-state index contributed by atoms with van der Waals surface area (Å²) in [6.07, 6.45) is 1.06. The van der Waals surface area contributed by atoms with Gasteiger partial charge in [0.25, 0.3) is 10.0 Å². The van der Waals surface area contributed by atoms with Crippen molar-refractivity contribution in [3.8, 4) is 0 Å². The quantitative estimate of drug-likeness (QED) is 0.364. The Morgan fingerprint density at radius 2 is 1.53 bits per heavy atom. The van der Waals surface area contributed by atoms with Gasteiger partial charge in [0.1, 0.15) is 0 Å². The smallest absolute Gasteiger partial charge is 0.263 e. The summed E-state index contributed by atoms with van der Waals surface area (Å²) < 4.78 is 28.7. The van der Waals surface area contributed by atoms with Crippen LogP contribution in [-0.4, -0.2) is 18.4 Å². The summed E-state index contributed by atoms with van der Waals surface area (Å²) in [5, 5.41) is 3.23. The lowest BCUT2D eigenvalue weighted by molar-refractivity contribution is 0.601. The lowest BCUT2D eigenvalue weighted by Crippen LogP contribution is -2.16. The van der Waals surface area contributed by atoms with E-state index in [4.69, 9.17) is 0 Å². The number of sulfonamides is 1. The fraction of sp³-hybridized carbons (Fsp3) is 0.200. The Hall–Kier alpha value is -3.45. The molecule has 164 valence electrons. The molecule has 0 spiro atoms. The monoisotopic (exact) mass is 446 g/mol. The molecule has 32 heavy (non-hydrogen) atoms. The first-order valence-corrected chi connectivity index (χ1v) is 12.1. The van der Waals surface area contributed by atoms with Crippen LogP contribution < -0.4 is 10.0 Å². The largest absolute Gasteiger partial charge is 0.337 e. The first-order chi connectivity index (χ1) is 15.4. The molecule has 0 aliphatic carbocycles. The van der Waals surface area contributed by atoms with Crippen molar-refractivity contribution in [2.75, 3.05) is 10.0 Å². The van der Waals surface area contributed by atoms with Crippen molar-refractivity contribution in [1.29, 1.82) is 0 Å². The fourth-order valence-corrected chi connectivity index (χ4v) is 4.51. The average Bonchev–Trinajstić information content (AvgIpc) is 2.79. The summed E-state index contributed by atoms with van der Waals surface area (Å²) in [4.78, 5) is 9.36. The number of aryl methyl sites for hydroxylation is 1. The number of hydrogen-bond donors (Lipinski definition) is 2. The van der Waals surface area contributed by atoms with Crippen LogP contribution in [0.4, 0.5) is 17.3 Å². The predicted octanol–water partition coefficient (Wildman–Crippen LogP) is 6.00. The number of nitrogens with zero attached hydrogens (tertiary/aromatic N) is 2. The van der Waals surface area contributed by atoms with Gasteiger partial charge in [-0.1, -0.05) is 50.2 Å². The highest BCUT2D eigenvalue weighted by atomic mass is 32.2. The zero-order valence-corrected chi connectivity index (χ0v) is 19.1. The van der Waals surface area contributed by atoms with Gasteiger partial charge in [0, 0.05) is 5.69 Å². The lowest BCUT2D eigenvalue weighted by atomic mass is 9.99. The minimum Gasteiger partial charge on any atom is -0.337 e. The number of hydrogen-bond acceptors (Lipinski definition) is 5. The molecule has 0 aliphatic rings. The molecule has 4 aromatic rings. The maximum atomic E-state index is 13.0. The molecule has 0 saturated heterocycles. The number of para-hydroxylation sites is 2. The fourth-order valence-electron chi connectivity index (χ4n) is 3.39. The third-order valence-corrected chi connectivity index (χ3v) is 6.79. The molecule has 1 aromatic heterocycles. The summed E-state index contributed by atoms with van der Waals surface area (Å²) in [7, 11) is -3.83. The van der Waals surface area contributed by atoms with Crippen LogP contribution >= 0.6 is 0 Å².